The normalized spacial score (nSPS) is 21.7. The van der Waals surface area contributed by atoms with Crippen molar-refractivity contribution < 1.29 is 14.3 Å². The highest BCUT2D eigenvalue weighted by Crippen LogP contribution is 2.20. The van der Waals surface area contributed by atoms with E-state index in [-0.39, 0.29) is 18.0 Å². The molecule has 122 valence electrons. The topological polar surface area (TPSA) is 58.6 Å². The van der Waals surface area contributed by atoms with Crippen molar-refractivity contribution in [2.45, 2.75) is 58.2 Å². The molecule has 1 fully saturated rings. The molecule has 1 saturated heterocycles. The highest BCUT2D eigenvalue weighted by molar-refractivity contribution is 7.07. The number of thiophene rings is 1. The molecule has 22 heavy (non-hydrogen) atoms. The predicted octanol–water partition coefficient (Wildman–Crippen LogP) is 2.80. The Labute approximate surface area is 135 Å². The van der Waals surface area contributed by atoms with E-state index in [1.54, 1.807) is 11.3 Å². The zero-order chi connectivity index (χ0) is 16.3. The van der Waals surface area contributed by atoms with Crippen LogP contribution in [0.3, 0.4) is 0 Å². The first-order valence-electron chi connectivity index (χ1n) is 7.56. The van der Waals surface area contributed by atoms with E-state index in [1.807, 2.05) is 49.4 Å². The number of nitrogens with one attached hydrogen (secondary N) is 1. The molecule has 2 atom stereocenters. The first-order valence-corrected chi connectivity index (χ1v) is 8.50. The number of nitrogens with zero attached hydrogens (tertiary/aromatic N) is 1. The van der Waals surface area contributed by atoms with E-state index >= 15 is 0 Å². The molecule has 0 spiro atoms. The SMILES string of the molecule is C[C@H]1[C@@H](NC(=O)OC(C)(C)C)CCN1C(=O)Cc1ccsc1. The van der Waals surface area contributed by atoms with Crippen LogP contribution in [0.1, 0.15) is 39.7 Å². The summed E-state index contributed by atoms with van der Waals surface area (Å²) in [6, 6.07) is 1.90. The van der Waals surface area contributed by atoms with Crippen molar-refractivity contribution in [2.75, 3.05) is 6.54 Å². The van der Waals surface area contributed by atoms with Gasteiger partial charge in [0.2, 0.25) is 5.91 Å². The molecule has 1 aliphatic rings. The van der Waals surface area contributed by atoms with E-state index < -0.39 is 11.7 Å². The molecule has 6 heteroatoms. The van der Waals surface area contributed by atoms with Gasteiger partial charge in [0.15, 0.2) is 0 Å². The van der Waals surface area contributed by atoms with E-state index in [0.717, 1.165) is 12.0 Å². The molecular formula is C16H24N2O3S. The maximum absolute atomic E-state index is 12.4. The van der Waals surface area contributed by atoms with Crippen LogP contribution in [0.2, 0.25) is 0 Å². The Bertz CT molecular complexity index is 522. The predicted molar refractivity (Wildman–Crippen MR) is 87.0 cm³/mol. The van der Waals surface area contributed by atoms with Gasteiger partial charge in [0.25, 0.3) is 0 Å². The maximum Gasteiger partial charge on any atom is 0.407 e. The van der Waals surface area contributed by atoms with Gasteiger partial charge in [-0.25, -0.2) is 4.79 Å². The van der Waals surface area contributed by atoms with E-state index in [1.165, 1.54) is 0 Å². The molecule has 0 unspecified atom stereocenters. The number of rotatable bonds is 3. The van der Waals surface area contributed by atoms with Crippen LogP contribution in [0, 0.1) is 0 Å². The second-order valence-corrected chi connectivity index (χ2v) is 7.46. The Morgan fingerprint density at radius 2 is 2.18 bits per heavy atom. The van der Waals surface area contributed by atoms with Gasteiger partial charge in [-0.3, -0.25) is 4.79 Å². The van der Waals surface area contributed by atoms with E-state index in [0.29, 0.717) is 13.0 Å². The van der Waals surface area contributed by atoms with Gasteiger partial charge in [-0.15, -0.1) is 0 Å². The van der Waals surface area contributed by atoms with Gasteiger partial charge in [-0.2, -0.15) is 11.3 Å². The molecule has 2 amide bonds. The number of hydrogen-bond donors (Lipinski definition) is 1. The van der Waals surface area contributed by atoms with Gasteiger partial charge in [0.1, 0.15) is 5.60 Å². The fourth-order valence-electron chi connectivity index (χ4n) is 2.61. The van der Waals surface area contributed by atoms with Crippen LogP contribution in [-0.4, -0.2) is 41.1 Å². The average molecular weight is 324 g/mol. The number of likely N-dealkylation sites (tertiary alicyclic amines) is 1. The molecule has 1 aromatic heterocycles. The fraction of sp³-hybridized carbons (Fsp3) is 0.625. The number of carbonyl (C=O) groups excluding carboxylic acids is 2. The van der Waals surface area contributed by atoms with Crippen molar-refractivity contribution in [1.29, 1.82) is 0 Å². The van der Waals surface area contributed by atoms with E-state index in [2.05, 4.69) is 5.32 Å². The number of hydrogen-bond acceptors (Lipinski definition) is 4. The third kappa shape index (κ3) is 4.47. The quantitative estimate of drug-likeness (QED) is 0.930. The molecule has 2 heterocycles. The average Bonchev–Trinajstić information content (AvgIpc) is 2.98. The summed E-state index contributed by atoms with van der Waals surface area (Å²) in [5.41, 5.74) is 0.533. The van der Waals surface area contributed by atoms with Crippen LogP contribution >= 0.6 is 11.3 Å². The molecule has 0 saturated carbocycles. The van der Waals surface area contributed by atoms with Crippen LogP contribution in [0.15, 0.2) is 16.8 Å². The molecule has 0 aliphatic carbocycles. The second kappa shape index (κ2) is 6.69. The molecular weight excluding hydrogens is 300 g/mol. The molecule has 1 N–H and O–H groups in total. The number of carbonyl (C=O) groups is 2. The van der Waals surface area contributed by atoms with Crippen molar-refractivity contribution in [3.63, 3.8) is 0 Å². The van der Waals surface area contributed by atoms with Crippen LogP contribution in [0.5, 0.6) is 0 Å². The van der Waals surface area contributed by atoms with Crippen LogP contribution < -0.4 is 5.32 Å². The monoisotopic (exact) mass is 324 g/mol. The molecule has 0 radical (unpaired) electrons. The van der Waals surface area contributed by atoms with Gasteiger partial charge in [-0.05, 0) is 56.5 Å². The van der Waals surface area contributed by atoms with Crippen LogP contribution in [0.4, 0.5) is 4.79 Å². The van der Waals surface area contributed by atoms with E-state index in [4.69, 9.17) is 4.74 Å². The fourth-order valence-corrected chi connectivity index (χ4v) is 3.28. The summed E-state index contributed by atoms with van der Waals surface area (Å²) < 4.78 is 5.28. The van der Waals surface area contributed by atoms with Gasteiger partial charge in [0.05, 0.1) is 12.5 Å². The maximum atomic E-state index is 12.4. The third-order valence-corrected chi connectivity index (χ3v) is 4.44. The minimum Gasteiger partial charge on any atom is -0.444 e. The van der Waals surface area contributed by atoms with Crippen LogP contribution in [0.25, 0.3) is 0 Å². The molecule has 0 bridgehead atoms. The summed E-state index contributed by atoms with van der Waals surface area (Å²) in [5.74, 6) is 0.111. The Morgan fingerprint density at radius 3 is 2.77 bits per heavy atom. The van der Waals surface area contributed by atoms with Crippen molar-refractivity contribution in [3.8, 4) is 0 Å². The highest BCUT2D eigenvalue weighted by Gasteiger charge is 2.35. The lowest BCUT2D eigenvalue weighted by Gasteiger charge is -2.26. The standard InChI is InChI=1S/C16H24N2O3S/c1-11-13(17-15(20)21-16(2,3)4)5-7-18(11)14(19)9-12-6-8-22-10-12/h6,8,10-11,13H,5,7,9H2,1-4H3,(H,17,20)/t11-,13-/m0/s1. The molecule has 1 aromatic rings. The van der Waals surface area contributed by atoms with Gasteiger partial charge in [-0.1, -0.05) is 0 Å². The number of ether oxygens (including phenoxy) is 1. The van der Waals surface area contributed by atoms with Crippen LogP contribution in [-0.2, 0) is 16.0 Å². The Hall–Kier alpha value is -1.56. The lowest BCUT2D eigenvalue weighted by molar-refractivity contribution is -0.131. The largest absolute Gasteiger partial charge is 0.444 e. The Morgan fingerprint density at radius 1 is 1.45 bits per heavy atom. The first kappa shape index (κ1) is 16.8. The van der Waals surface area contributed by atoms with Gasteiger partial charge in [0, 0.05) is 12.6 Å². The Balaban J connectivity index is 1.88. The minimum absolute atomic E-state index is 0.0151. The smallest absolute Gasteiger partial charge is 0.407 e. The molecule has 1 aliphatic heterocycles. The zero-order valence-electron chi connectivity index (χ0n) is 13.6. The highest BCUT2D eigenvalue weighted by atomic mass is 32.1. The summed E-state index contributed by atoms with van der Waals surface area (Å²) in [5, 5.41) is 6.85. The summed E-state index contributed by atoms with van der Waals surface area (Å²) in [7, 11) is 0. The van der Waals surface area contributed by atoms with Crippen molar-refractivity contribution in [3.05, 3.63) is 22.4 Å². The molecule has 0 aromatic carbocycles. The van der Waals surface area contributed by atoms with Crippen molar-refractivity contribution in [2.24, 2.45) is 0 Å². The minimum atomic E-state index is -0.514. The van der Waals surface area contributed by atoms with E-state index in [9.17, 15) is 9.59 Å². The molecule has 2 rings (SSSR count). The zero-order valence-corrected chi connectivity index (χ0v) is 14.4. The second-order valence-electron chi connectivity index (χ2n) is 6.68. The lowest BCUT2D eigenvalue weighted by Crippen LogP contribution is -2.46. The Kier molecular flexibility index (Phi) is 5.11. The van der Waals surface area contributed by atoms with Gasteiger partial charge >= 0.3 is 6.09 Å². The summed E-state index contributed by atoms with van der Waals surface area (Å²) in [6.07, 6.45) is 0.763. The van der Waals surface area contributed by atoms with Gasteiger partial charge < -0.3 is 15.0 Å². The third-order valence-electron chi connectivity index (χ3n) is 3.71. The lowest BCUT2D eigenvalue weighted by atomic mass is 10.1. The summed E-state index contributed by atoms with van der Waals surface area (Å²) >= 11 is 1.59. The molecule has 5 nitrogen and oxygen atoms in total. The number of alkyl carbamates (subject to hydrolysis) is 1. The summed E-state index contributed by atoms with van der Waals surface area (Å²) in [6.45, 7) is 8.15. The first-order chi connectivity index (χ1) is 10.3. The van der Waals surface area contributed by atoms with Crippen molar-refractivity contribution >= 4 is 23.3 Å². The summed E-state index contributed by atoms with van der Waals surface area (Å²) in [4.78, 5) is 26.1. The van der Waals surface area contributed by atoms with Crippen molar-refractivity contribution in [1.82, 2.24) is 10.2 Å². The number of amides is 2.